The third-order valence-electron chi connectivity index (χ3n) is 12.9. The number of ether oxygens (including phenoxy) is 5. The number of fused-ring (bicyclic) bond motifs is 3. The molecule has 5 N–H and O–H groups in total. The molecule has 4 aromatic heterocycles. The SMILES string of the molecule is CCCCCCCCCCCC(=O)OCSP1(=O)CO[C@H]2[C@@H](F)[C@H](n3cnc4c(N)ncnc43)O[C@@H]2COP(=O)(SCOC(=O)CCCCCCCCCCC)O[C@@H](n2cnc3c(=O)[nH]c(N)nc32)[C@H](F)[C@H](OC)CO1. The molecule has 0 spiro atoms. The van der Waals surface area contributed by atoms with Crippen LogP contribution in [0, 0.1) is 0 Å². The number of nitrogens with zero attached hydrogens (tertiary/aromatic N) is 7. The zero-order valence-electron chi connectivity index (χ0n) is 43.5. The van der Waals surface area contributed by atoms with E-state index in [1.165, 1.54) is 62.3 Å². The number of esters is 2. The Morgan fingerprint density at radius 2 is 1.30 bits per heavy atom. The summed E-state index contributed by atoms with van der Waals surface area (Å²) < 4.78 is 114. The van der Waals surface area contributed by atoms with Crippen molar-refractivity contribution >= 4 is 82.2 Å². The minimum Gasteiger partial charge on any atom is -0.454 e. The summed E-state index contributed by atoms with van der Waals surface area (Å²) >= 11 is 0.955. The highest BCUT2D eigenvalue weighted by Crippen LogP contribution is 2.64. The van der Waals surface area contributed by atoms with Gasteiger partial charge in [-0.15, -0.1) is 0 Å². The summed E-state index contributed by atoms with van der Waals surface area (Å²) in [6.07, 6.45) is 8.41. The molecule has 9 atom stereocenters. The van der Waals surface area contributed by atoms with Crippen molar-refractivity contribution in [1.82, 2.24) is 39.0 Å². The lowest BCUT2D eigenvalue weighted by molar-refractivity contribution is -0.142. The van der Waals surface area contributed by atoms with Gasteiger partial charge in [-0.3, -0.25) is 42.1 Å². The van der Waals surface area contributed by atoms with E-state index in [0.717, 1.165) is 75.7 Å². The van der Waals surface area contributed by atoms with Crippen molar-refractivity contribution in [3.8, 4) is 0 Å². The maximum absolute atomic E-state index is 17.5. The summed E-state index contributed by atoms with van der Waals surface area (Å²) in [7, 11) is 1.13. The number of carbonyl (C=O) groups excluding carboxylic acids is 2. The van der Waals surface area contributed by atoms with Crippen LogP contribution in [0.1, 0.15) is 155 Å². The van der Waals surface area contributed by atoms with Gasteiger partial charge < -0.3 is 39.7 Å². The van der Waals surface area contributed by atoms with Crippen LogP contribution in [-0.4, -0.2) is 120 Å². The molecule has 76 heavy (non-hydrogen) atoms. The first-order valence-corrected chi connectivity index (χ1v) is 32.7. The molecule has 2 saturated heterocycles. The molecule has 23 nitrogen and oxygen atoms in total. The van der Waals surface area contributed by atoms with Crippen molar-refractivity contribution in [2.75, 3.05) is 50.0 Å². The average molecular weight is 1150 g/mol. The predicted octanol–water partition coefficient (Wildman–Crippen LogP) is 10.2. The molecule has 0 radical (unpaired) electrons. The molecule has 6 heterocycles. The van der Waals surface area contributed by atoms with Crippen molar-refractivity contribution in [1.29, 1.82) is 0 Å². The Morgan fingerprint density at radius 3 is 1.91 bits per heavy atom. The van der Waals surface area contributed by atoms with E-state index in [0.29, 0.717) is 35.6 Å². The smallest absolute Gasteiger partial charge is 0.394 e. The van der Waals surface area contributed by atoms with Crippen LogP contribution in [0.3, 0.4) is 0 Å². The van der Waals surface area contributed by atoms with Gasteiger partial charge in [-0.25, -0.2) is 33.3 Å². The van der Waals surface area contributed by atoms with Gasteiger partial charge in [0.25, 0.3) is 12.1 Å². The Labute approximate surface area is 448 Å². The Bertz CT molecular complexity index is 2600. The summed E-state index contributed by atoms with van der Waals surface area (Å²) in [5.74, 6) is -2.57. The van der Waals surface area contributed by atoms with Crippen molar-refractivity contribution in [2.24, 2.45) is 0 Å². The number of hydrogen-bond acceptors (Lipinski definition) is 22. The second kappa shape index (κ2) is 31.1. The van der Waals surface area contributed by atoms with Gasteiger partial charge in [0.05, 0.1) is 25.9 Å². The lowest BCUT2D eigenvalue weighted by atomic mass is 10.1. The van der Waals surface area contributed by atoms with Crippen LogP contribution in [-0.2, 0) is 56.0 Å². The van der Waals surface area contributed by atoms with Crippen molar-refractivity contribution < 1.29 is 64.8 Å². The van der Waals surface area contributed by atoms with Crippen molar-refractivity contribution in [2.45, 2.75) is 185 Å². The van der Waals surface area contributed by atoms with Gasteiger partial charge in [0, 0.05) is 31.3 Å². The summed E-state index contributed by atoms with van der Waals surface area (Å²) in [6, 6.07) is 0. The van der Waals surface area contributed by atoms with Crippen LogP contribution in [0.4, 0.5) is 20.5 Å². The van der Waals surface area contributed by atoms with E-state index in [2.05, 4.69) is 43.8 Å². The summed E-state index contributed by atoms with van der Waals surface area (Å²) in [5, 5.41) is 0. The Balaban J connectivity index is 1.24. The fourth-order valence-corrected chi connectivity index (χ4v) is 14.1. The Hall–Kier alpha value is -3.78. The van der Waals surface area contributed by atoms with Crippen LogP contribution in [0.15, 0.2) is 23.8 Å². The number of anilines is 2. The number of H-pyrrole nitrogens is 1. The molecular weight excluding hydrogens is 1080 g/mol. The molecule has 2 aliphatic heterocycles. The van der Waals surface area contributed by atoms with Crippen molar-refractivity contribution in [3.63, 3.8) is 0 Å². The highest BCUT2D eigenvalue weighted by molar-refractivity contribution is 8.56. The molecule has 0 amide bonds. The first-order valence-electron chi connectivity index (χ1n) is 26.2. The molecule has 29 heteroatoms. The van der Waals surface area contributed by atoms with Gasteiger partial charge in [-0.1, -0.05) is 117 Å². The number of aromatic nitrogens is 8. The van der Waals surface area contributed by atoms with Gasteiger partial charge in [-0.2, -0.15) is 4.98 Å². The number of nitrogens with two attached hydrogens (primary N) is 2. The number of aromatic amines is 1. The molecule has 6 rings (SSSR count). The zero-order chi connectivity index (χ0) is 54.5. The highest BCUT2D eigenvalue weighted by atomic mass is 32.7. The lowest BCUT2D eigenvalue weighted by Gasteiger charge is -2.32. The highest BCUT2D eigenvalue weighted by Gasteiger charge is 2.51. The second-order valence-corrected chi connectivity index (χ2v) is 27.3. The van der Waals surface area contributed by atoms with Gasteiger partial charge in [-0.05, 0) is 24.2 Å². The number of imidazole rings is 2. The molecule has 0 saturated carbocycles. The van der Waals surface area contributed by atoms with Crippen molar-refractivity contribution in [3.05, 3.63) is 29.3 Å². The third kappa shape index (κ3) is 17.9. The van der Waals surface area contributed by atoms with E-state index >= 15 is 13.3 Å². The van der Waals surface area contributed by atoms with Crippen LogP contribution in [0.5, 0.6) is 0 Å². The standard InChI is InChI=1S/C47H74F2N10O13P2S2/c1-4-6-8-10-12-14-16-18-20-22-34(60)67-30-75-73(63)29-66-40-33(71-45(37(40)49)58-27-54-38-41(50)52-26-53-42(38)58)25-70-74(64,76-31-68-35(61)23-21-19-17-15-13-11-9-7-5-2)72-46(36(48)32(65-3)24-69-73)59-28-55-39-43(59)56-47(51)57-44(39)62/h26-28,32-33,36-37,40,45-46H,4-25,29-31H2,1-3H3,(H2,50,52,53)(H3,51,56,57,62)/t32-,33-,36-,37-,40-,45-,46-,73?,74?/m1/s1. The van der Waals surface area contributed by atoms with Gasteiger partial charge >= 0.3 is 18.7 Å². The average Bonchev–Trinajstić information content (AvgIpc) is 4.12. The topological polar surface area (TPSA) is 301 Å². The fraction of sp³-hybridized carbons (Fsp3) is 0.745. The van der Waals surface area contributed by atoms with Gasteiger partial charge in [0.1, 0.15) is 48.4 Å². The van der Waals surface area contributed by atoms with Crippen LogP contribution < -0.4 is 17.0 Å². The van der Waals surface area contributed by atoms with E-state index in [4.69, 9.17) is 48.7 Å². The number of hydrogen-bond donors (Lipinski definition) is 3. The largest absolute Gasteiger partial charge is 0.454 e. The minimum atomic E-state index is -4.85. The molecule has 2 unspecified atom stereocenters. The molecule has 0 aliphatic carbocycles. The van der Waals surface area contributed by atoms with E-state index < -0.39 is 105 Å². The summed E-state index contributed by atoms with van der Waals surface area (Å²) in [4.78, 5) is 61.7. The van der Waals surface area contributed by atoms with Crippen LogP contribution in [0.2, 0.25) is 0 Å². The van der Waals surface area contributed by atoms with Gasteiger partial charge in [0.15, 0.2) is 47.4 Å². The predicted molar refractivity (Wildman–Crippen MR) is 285 cm³/mol. The van der Waals surface area contributed by atoms with E-state index in [9.17, 15) is 18.9 Å². The quantitative estimate of drug-likeness (QED) is 0.0197. The summed E-state index contributed by atoms with van der Waals surface area (Å²) in [6.45, 7) is -6.37. The number of unbranched alkanes of at least 4 members (excludes halogenated alkanes) is 16. The first kappa shape index (κ1) is 61.4. The van der Waals surface area contributed by atoms with Crippen LogP contribution in [0.25, 0.3) is 22.3 Å². The Kier molecular flexibility index (Phi) is 25.2. The minimum absolute atomic E-state index is 0.00608. The Morgan fingerprint density at radius 1 is 0.737 bits per heavy atom. The monoisotopic (exact) mass is 1150 g/mol. The number of methoxy groups -OCH3 is 1. The van der Waals surface area contributed by atoms with Gasteiger partial charge in [0.2, 0.25) is 5.95 Å². The number of nitrogens with one attached hydrogen (secondary N) is 1. The molecule has 4 aromatic rings. The zero-order valence-corrected chi connectivity index (χ0v) is 46.9. The second-order valence-electron chi connectivity index (χ2n) is 18.7. The number of carbonyl (C=O) groups is 2. The number of nitrogen functional groups attached to an aromatic ring is 2. The van der Waals surface area contributed by atoms with Crippen LogP contribution >= 0.6 is 36.1 Å². The third-order valence-corrected chi connectivity index (χ3v) is 20.0. The van der Waals surface area contributed by atoms with E-state index in [1.54, 1.807) is 0 Å². The molecule has 2 fully saturated rings. The first-order chi connectivity index (χ1) is 36.7. The molecule has 2 aliphatic rings. The maximum atomic E-state index is 17.5. The number of rotatable bonds is 29. The lowest BCUT2D eigenvalue weighted by Crippen LogP contribution is -2.38. The number of alkyl halides is 2. The molecular formula is C47H74F2N10O13P2S2. The van der Waals surface area contributed by atoms with E-state index in [-0.39, 0.29) is 46.9 Å². The normalized spacial score (nSPS) is 25.6. The van der Waals surface area contributed by atoms with E-state index in [1.807, 2.05) is 0 Å². The molecule has 0 bridgehead atoms. The summed E-state index contributed by atoms with van der Waals surface area (Å²) in [5.41, 5.74) is 10.8. The molecule has 0 aromatic carbocycles. The maximum Gasteiger partial charge on any atom is 0.394 e. The number of halogens is 2. The molecule has 426 valence electrons. The fourth-order valence-electron chi connectivity index (χ4n) is 8.68.